The first-order valence-corrected chi connectivity index (χ1v) is 9.47. The van der Waals surface area contributed by atoms with Crippen molar-refractivity contribution in [3.05, 3.63) is 58.9 Å². The maximum Gasteiger partial charge on any atom is 0.340 e. The summed E-state index contributed by atoms with van der Waals surface area (Å²) in [5.41, 5.74) is 0.0554. The van der Waals surface area contributed by atoms with E-state index in [0.29, 0.717) is 10.6 Å². The minimum absolute atomic E-state index is 0.0743. The Hall–Kier alpha value is -2.25. The molecule has 0 heterocycles. The third kappa shape index (κ3) is 4.89. The van der Waals surface area contributed by atoms with Gasteiger partial charge in [0.15, 0.2) is 6.10 Å². The van der Waals surface area contributed by atoms with Gasteiger partial charge in [-0.25, -0.2) is 9.18 Å². The van der Waals surface area contributed by atoms with E-state index < -0.39 is 34.6 Å². The van der Waals surface area contributed by atoms with Crippen LogP contribution < -0.4 is 5.32 Å². The number of amides is 1. The molecule has 0 radical (unpaired) electrons. The number of halogens is 2. The Bertz CT molecular complexity index is 859. The summed E-state index contributed by atoms with van der Waals surface area (Å²) in [6, 6.07) is 10.1. The molecule has 26 heavy (non-hydrogen) atoms. The summed E-state index contributed by atoms with van der Waals surface area (Å²) in [6.07, 6.45) is -1.18. The van der Waals surface area contributed by atoms with Gasteiger partial charge in [-0.3, -0.25) is 9.00 Å². The summed E-state index contributed by atoms with van der Waals surface area (Å²) in [5, 5.41) is 2.53. The lowest BCUT2D eigenvalue weighted by Gasteiger charge is -2.15. The van der Waals surface area contributed by atoms with Crippen molar-refractivity contribution >= 4 is 40.0 Å². The molecule has 2 rings (SSSR count). The second-order valence-corrected chi connectivity index (χ2v) is 7.44. The van der Waals surface area contributed by atoms with Crippen molar-refractivity contribution < 1.29 is 22.9 Å². The normalized spacial score (nSPS) is 12.9. The van der Waals surface area contributed by atoms with Crippen LogP contribution in [0.1, 0.15) is 24.2 Å². The number of carbonyl (C=O) groups excluding carboxylic acids is 2. The van der Waals surface area contributed by atoms with Gasteiger partial charge in [0.05, 0.1) is 26.9 Å². The largest absolute Gasteiger partial charge is 0.449 e. The summed E-state index contributed by atoms with van der Waals surface area (Å²) in [6.45, 7) is 3.09. The summed E-state index contributed by atoms with van der Waals surface area (Å²) in [4.78, 5) is 24.8. The molecule has 0 bridgehead atoms. The van der Waals surface area contributed by atoms with Crippen LogP contribution in [0.2, 0.25) is 5.02 Å². The Morgan fingerprint density at radius 1 is 1.27 bits per heavy atom. The van der Waals surface area contributed by atoms with Gasteiger partial charge in [0.2, 0.25) is 0 Å². The van der Waals surface area contributed by atoms with E-state index in [9.17, 15) is 18.2 Å². The molecule has 2 aromatic carbocycles. The highest BCUT2D eigenvalue weighted by molar-refractivity contribution is 7.85. The fourth-order valence-corrected chi connectivity index (χ4v) is 3.19. The van der Waals surface area contributed by atoms with Crippen LogP contribution in [-0.4, -0.2) is 27.9 Å². The number of anilines is 1. The van der Waals surface area contributed by atoms with Crippen molar-refractivity contribution in [3.63, 3.8) is 0 Å². The van der Waals surface area contributed by atoms with Crippen molar-refractivity contribution in [2.45, 2.75) is 24.8 Å². The van der Waals surface area contributed by atoms with E-state index >= 15 is 0 Å². The molecular weight excluding hydrogens is 381 g/mol. The topological polar surface area (TPSA) is 72.5 Å². The number of esters is 1. The molecule has 1 N–H and O–H groups in total. The van der Waals surface area contributed by atoms with E-state index in [4.69, 9.17) is 16.3 Å². The lowest BCUT2D eigenvalue weighted by atomic mass is 10.2. The van der Waals surface area contributed by atoms with E-state index in [-0.39, 0.29) is 16.3 Å². The Balaban J connectivity index is 2.09. The second kappa shape index (κ2) is 8.91. The number of carbonyl (C=O) groups is 2. The van der Waals surface area contributed by atoms with E-state index in [1.165, 1.54) is 25.1 Å². The minimum atomic E-state index is -1.35. The van der Waals surface area contributed by atoms with Gasteiger partial charge in [-0.05, 0) is 37.3 Å². The first-order chi connectivity index (χ1) is 12.3. The van der Waals surface area contributed by atoms with Crippen molar-refractivity contribution in [2.75, 3.05) is 11.1 Å². The van der Waals surface area contributed by atoms with Crippen LogP contribution in [0.5, 0.6) is 0 Å². The molecule has 0 saturated heterocycles. The SMILES string of the molecule is CC[S@@](=O)c1ccccc1C(=O)O[C@@H](C)C(=O)Nc1ccc(Cl)cc1F. The third-order valence-electron chi connectivity index (χ3n) is 3.46. The molecule has 0 unspecified atom stereocenters. The van der Waals surface area contributed by atoms with Gasteiger partial charge in [-0.15, -0.1) is 0 Å². The van der Waals surface area contributed by atoms with Crippen LogP contribution in [-0.2, 0) is 20.3 Å². The van der Waals surface area contributed by atoms with Crippen LogP contribution in [0.15, 0.2) is 47.4 Å². The monoisotopic (exact) mass is 397 g/mol. The van der Waals surface area contributed by atoms with Crippen LogP contribution >= 0.6 is 11.6 Å². The van der Waals surface area contributed by atoms with Crippen molar-refractivity contribution in [3.8, 4) is 0 Å². The Kier molecular flexibility index (Phi) is 6.88. The fourth-order valence-electron chi connectivity index (χ4n) is 2.09. The molecule has 0 aliphatic heterocycles. The zero-order chi connectivity index (χ0) is 19.3. The summed E-state index contributed by atoms with van der Waals surface area (Å²) < 4.78 is 30.9. The van der Waals surface area contributed by atoms with Gasteiger partial charge in [0.25, 0.3) is 5.91 Å². The molecule has 0 fully saturated rings. The number of nitrogens with one attached hydrogen (secondary N) is 1. The maximum atomic E-state index is 13.7. The third-order valence-corrected chi connectivity index (χ3v) is 5.06. The van der Waals surface area contributed by atoms with E-state index in [2.05, 4.69) is 5.32 Å². The van der Waals surface area contributed by atoms with E-state index in [1.807, 2.05) is 0 Å². The van der Waals surface area contributed by atoms with Crippen LogP contribution in [0.25, 0.3) is 0 Å². The maximum absolute atomic E-state index is 13.7. The lowest BCUT2D eigenvalue weighted by molar-refractivity contribution is -0.123. The van der Waals surface area contributed by atoms with Gasteiger partial charge in [0.1, 0.15) is 5.82 Å². The zero-order valence-electron chi connectivity index (χ0n) is 14.1. The zero-order valence-corrected chi connectivity index (χ0v) is 15.7. The molecule has 8 heteroatoms. The second-order valence-electron chi connectivity index (χ2n) is 5.29. The highest BCUT2D eigenvalue weighted by Crippen LogP contribution is 2.20. The van der Waals surface area contributed by atoms with Crippen LogP contribution in [0.3, 0.4) is 0 Å². The molecule has 5 nitrogen and oxygen atoms in total. The van der Waals surface area contributed by atoms with Crippen molar-refractivity contribution in [1.29, 1.82) is 0 Å². The summed E-state index contributed by atoms with van der Waals surface area (Å²) in [5.74, 6) is -1.83. The molecule has 1 amide bonds. The van der Waals surface area contributed by atoms with Gasteiger partial charge in [-0.2, -0.15) is 0 Å². The van der Waals surface area contributed by atoms with Crippen LogP contribution in [0, 0.1) is 5.82 Å². The molecule has 0 aromatic heterocycles. The average Bonchev–Trinajstić information content (AvgIpc) is 2.63. The smallest absolute Gasteiger partial charge is 0.340 e. The van der Waals surface area contributed by atoms with Crippen molar-refractivity contribution in [1.82, 2.24) is 0 Å². The molecular formula is C18H17ClFNO4S. The number of benzene rings is 2. The minimum Gasteiger partial charge on any atom is -0.449 e. The molecule has 0 aliphatic rings. The van der Waals surface area contributed by atoms with E-state index in [0.717, 1.165) is 6.07 Å². The molecule has 2 aromatic rings. The first-order valence-electron chi connectivity index (χ1n) is 7.77. The van der Waals surface area contributed by atoms with Gasteiger partial charge in [0, 0.05) is 10.8 Å². The first kappa shape index (κ1) is 20.1. The molecule has 2 atom stereocenters. The Morgan fingerprint density at radius 3 is 2.62 bits per heavy atom. The predicted molar refractivity (Wildman–Crippen MR) is 98.3 cm³/mol. The number of hydrogen-bond acceptors (Lipinski definition) is 4. The number of hydrogen-bond donors (Lipinski definition) is 1. The average molecular weight is 398 g/mol. The van der Waals surface area contributed by atoms with Crippen LogP contribution in [0.4, 0.5) is 10.1 Å². The van der Waals surface area contributed by atoms with E-state index in [1.54, 1.807) is 25.1 Å². The highest BCUT2D eigenvalue weighted by atomic mass is 35.5. The predicted octanol–water partition coefficient (Wildman–Crippen LogP) is 3.79. The van der Waals surface area contributed by atoms with Crippen molar-refractivity contribution in [2.24, 2.45) is 0 Å². The fraction of sp³-hybridized carbons (Fsp3) is 0.222. The summed E-state index contributed by atoms with van der Waals surface area (Å²) >= 11 is 5.66. The lowest BCUT2D eigenvalue weighted by Crippen LogP contribution is -2.30. The van der Waals surface area contributed by atoms with Gasteiger partial charge >= 0.3 is 5.97 Å². The number of rotatable bonds is 6. The molecule has 0 spiro atoms. The highest BCUT2D eigenvalue weighted by Gasteiger charge is 2.22. The Morgan fingerprint density at radius 2 is 1.96 bits per heavy atom. The summed E-state index contributed by atoms with van der Waals surface area (Å²) in [7, 11) is -1.35. The van der Waals surface area contributed by atoms with Gasteiger partial charge in [-0.1, -0.05) is 30.7 Å². The van der Waals surface area contributed by atoms with Gasteiger partial charge < -0.3 is 10.1 Å². The number of ether oxygens (including phenoxy) is 1. The molecule has 0 aliphatic carbocycles. The Labute approximate surface area is 158 Å². The molecule has 0 saturated carbocycles. The quantitative estimate of drug-likeness (QED) is 0.753. The molecule has 138 valence electrons. The standard InChI is InChI=1S/C18H17ClFNO4S/c1-3-26(24)16-7-5-4-6-13(16)18(23)25-11(2)17(22)21-15-9-8-12(19)10-14(15)20/h4-11H,3H2,1-2H3,(H,21,22)/t11-,26+/m0/s1.